The van der Waals surface area contributed by atoms with Crippen molar-refractivity contribution in [2.75, 3.05) is 19.5 Å². The second-order valence-corrected chi connectivity index (χ2v) is 4.97. The van der Waals surface area contributed by atoms with Gasteiger partial charge in [-0.3, -0.25) is 4.79 Å². The van der Waals surface area contributed by atoms with E-state index in [2.05, 4.69) is 5.32 Å². The first-order chi connectivity index (χ1) is 11.9. The van der Waals surface area contributed by atoms with Gasteiger partial charge in [0.05, 0.1) is 25.5 Å². The van der Waals surface area contributed by atoms with E-state index in [0.717, 1.165) is 6.07 Å². The van der Waals surface area contributed by atoms with Gasteiger partial charge in [-0.2, -0.15) is 0 Å². The van der Waals surface area contributed by atoms with Crippen LogP contribution in [0.3, 0.4) is 0 Å². The predicted molar refractivity (Wildman–Crippen MR) is 92.3 cm³/mol. The number of carboxylic acid groups (broad SMARTS) is 1. The number of hydrogen-bond donors (Lipinski definition) is 3. The number of ether oxygens (including phenoxy) is 2. The molecule has 0 atom stereocenters. The highest BCUT2D eigenvalue weighted by Crippen LogP contribution is 2.26. The highest BCUT2D eigenvalue weighted by atomic mass is 16.5. The highest BCUT2D eigenvalue weighted by Gasteiger charge is 2.09. The fraction of sp³-hybridized carbons (Fsp3) is 0.111. The van der Waals surface area contributed by atoms with Gasteiger partial charge in [0.1, 0.15) is 17.2 Å². The van der Waals surface area contributed by atoms with Crippen LogP contribution in [0.4, 0.5) is 5.69 Å². The van der Waals surface area contributed by atoms with Crippen LogP contribution in [0.15, 0.2) is 42.5 Å². The summed E-state index contributed by atoms with van der Waals surface area (Å²) in [5.74, 6) is -0.816. The molecule has 1 amide bonds. The second kappa shape index (κ2) is 7.87. The molecule has 0 fully saturated rings. The molecule has 25 heavy (non-hydrogen) atoms. The lowest BCUT2D eigenvalue weighted by atomic mass is 10.1. The van der Waals surface area contributed by atoms with Crippen LogP contribution in [-0.2, 0) is 4.79 Å². The van der Waals surface area contributed by atoms with Gasteiger partial charge in [0.15, 0.2) is 0 Å². The number of rotatable bonds is 6. The molecule has 7 nitrogen and oxygen atoms in total. The molecular weight excluding hydrogens is 326 g/mol. The molecule has 7 heteroatoms. The third-order valence-electron chi connectivity index (χ3n) is 3.35. The molecule has 0 aliphatic carbocycles. The maximum atomic E-state index is 12.0. The fourth-order valence-corrected chi connectivity index (χ4v) is 2.08. The lowest BCUT2D eigenvalue weighted by Crippen LogP contribution is -2.08. The van der Waals surface area contributed by atoms with Gasteiger partial charge in [0.25, 0.3) is 0 Å². The third-order valence-corrected chi connectivity index (χ3v) is 3.35. The maximum Gasteiger partial charge on any atom is 0.335 e. The first-order valence-corrected chi connectivity index (χ1v) is 7.22. The molecule has 0 heterocycles. The minimum Gasteiger partial charge on any atom is -0.506 e. The molecule has 0 saturated carbocycles. The van der Waals surface area contributed by atoms with Crippen molar-refractivity contribution in [2.45, 2.75) is 0 Å². The molecular formula is C18H17NO6. The van der Waals surface area contributed by atoms with E-state index in [-0.39, 0.29) is 17.0 Å². The van der Waals surface area contributed by atoms with Crippen LogP contribution >= 0.6 is 0 Å². The first kappa shape index (κ1) is 17.9. The van der Waals surface area contributed by atoms with E-state index in [1.165, 1.54) is 32.4 Å². The van der Waals surface area contributed by atoms with E-state index in [4.69, 9.17) is 14.6 Å². The quantitative estimate of drug-likeness (QED) is 0.550. The second-order valence-electron chi connectivity index (χ2n) is 4.97. The van der Waals surface area contributed by atoms with Crippen molar-refractivity contribution in [3.8, 4) is 17.2 Å². The van der Waals surface area contributed by atoms with Gasteiger partial charge in [0, 0.05) is 11.6 Å². The summed E-state index contributed by atoms with van der Waals surface area (Å²) in [6, 6.07) is 8.82. The Morgan fingerprint density at radius 1 is 1.08 bits per heavy atom. The van der Waals surface area contributed by atoms with Gasteiger partial charge in [-0.1, -0.05) is 0 Å². The number of nitrogens with one attached hydrogen (secondary N) is 1. The normalized spacial score (nSPS) is 10.5. The third kappa shape index (κ3) is 4.51. The zero-order valence-corrected chi connectivity index (χ0v) is 13.6. The van der Waals surface area contributed by atoms with E-state index >= 15 is 0 Å². The minimum atomic E-state index is -1.17. The summed E-state index contributed by atoms with van der Waals surface area (Å²) >= 11 is 0. The van der Waals surface area contributed by atoms with Gasteiger partial charge < -0.3 is 25.0 Å². The van der Waals surface area contributed by atoms with E-state index in [9.17, 15) is 14.7 Å². The van der Waals surface area contributed by atoms with Gasteiger partial charge in [0.2, 0.25) is 5.91 Å². The molecule has 0 unspecified atom stereocenters. The smallest absolute Gasteiger partial charge is 0.335 e. The minimum absolute atomic E-state index is 0.0767. The highest BCUT2D eigenvalue weighted by molar-refractivity contribution is 6.03. The Kier molecular flexibility index (Phi) is 5.62. The average Bonchev–Trinajstić information content (AvgIpc) is 2.61. The Balaban J connectivity index is 2.15. The number of methoxy groups -OCH3 is 2. The Labute approximate surface area is 144 Å². The molecule has 2 aromatic carbocycles. The van der Waals surface area contributed by atoms with Crippen LogP contribution in [0.2, 0.25) is 0 Å². The first-order valence-electron chi connectivity index (χ1n) is 7.22. The summed E-state index contributed by atoms with van der Waals surface area (Å²) < 4.78 is 10.3. The number of benzene rings is 2. The number of carbonyl (C=O) groups is 2. The molecule has 130 valence electrons. The van der Waals surface area contributed by atoms with Crippen molar-refractivity contribution in [1.82, 2.24) is 0 Å². The largest absolute Gasteiger partial charge is 0.506 e. The fourth-order valence-electron chi connectivity index (χ4n) is 2.08. The summed E-state index contributed by atoms with van der Waals surface area (Å²) in [6.07, 6.45) is 2.81. The number of phenolic OH excluding ortho intramolecular Hbond substituents is 1. The Hall–Kier alpha value is -3.48. The number of aromatic hydroxyl groups is 1. The SMILES string of the molecule is COc1ccc(OC)c(/C=C/C(=O)Nc2ccc(C(=O)O)cc2O)c1. The van der Waals surface area contributed by atoms with Gasteiger partial charge >= 0.3 is 5.97 Å². The van der Waals surface area contributed by atoms with Crippen molar-refractivity contribution < 1.29 is 29.3 Å². The molecule has 0 spiro atoms. The number of carbonyl (C=O) groups excluding carboxylic acids is 1. The van der Waals surface area contributed by atoms with E-state index in [1.807, 2.05) is 0 Å². The van der Waals surface area contributed by atoms with Crippen molar-refractivity contribution >= 4 is 23.6 Å². The zero-order chi connectivity index (χ0) is 18.4. The van der Waals surface area contributed by atoms with Gasteiger partial charge in [-0.25, -0.2) is 4.79 Å². The number of aromatic carboxylic acids is 1. The number of hydrogen-bond acceptors (Lipinski definition) is 5. The molecule has 0 aliphatic heterocycles. The monoisotopic (exact) mass is 343 g/mol. The zero-order valence-electron chi connectivity index (χ0n) is 13.6. The number of anilines is 1. The van der Waals surface area contributed by atoms with Crippen molar-refractivity contribution in [2.24, 2.45) is 0 Å². The van der Waals surface area contributed by atoms with Crippen molar-refractivity contribution in [3.63, 3.8) is 0 Å². The molecule has 0 bridgehead atoms. The van der Waals surface area contributed by atoms with Crippen LogP contribution in [-0.4, -0.2) is 36.3 Å². The lowest BCUT2D eigenvalue weighted by Gasteiger charge is -2.08. The summed E-state index contributed by atoms with van der Waals surface area (Å²) in [7, 11) is 3.05. The number of phenols is 1. The average molecular weight is 343 g/mol. The van der Waals surface area contributed by atoms with Gasteiger partial charge in [-0.05, 0) is 42.5 Å². The Morgan fingerprint density at radius 2 is 1.84 bits per heavy atom. The van der Waals surface area contributed by atoms with Crippen LogP contribution in [0, 0.1) is 0 Å². The van der Waals surface area contributed by atoms with Gasteiger partial charge in [-0.15, -0.1) is 0 Å². The van der Waals surface area contributed by atoms with Crippen molar-refractivity contribution in [1.29, 1.82) is 0 Å². The number of carboxylic acids is 1. The van der Waals surface area contributed by atoms with Crippen molar-refractivity contribution in [3.05, 3.63) is 53.6 Å². The summed E-state index contributed by atoms with van der Waals surface area (Å²) in [4.78, 5) is 22.8. The molecule has 0 radical (unpaired) electrons. The summed E-state index contributed by atoms with van der Waals surface area (Å²) in [5.41, 5.74) is 0.673. The topological polar surface area (TPSA) is 105 Å². The Bertz CT molecular complexity index is 828. The molecule has 0 aliphatic rings. The standard InChI is InChI=1S/C18H17NO6/c1-24-13-5-7-16(25-2)11(9-13)4-8-17(21)19-14-6-3-12(18(22)23)10-15(14)20/h3-10,20H,1-2H3,(H,19,21)(H,22,23)/b8-4+. The predicted octanol–water partition coefficient (Wildman–Crippen LogP) is 2.76. The van der Waals surface area contributed by atoms with Crippen LogP contribution in [0.25, 0.3) is 6.08 Å². The van der Waals surface area contributed by atoms with E-state index < -0.39 is 11.9 Å². The molecule has 2 rings (SSSR count). The Morgan fingerprint density at radius 3 is 2.44 bits per heavy atom. The molecule has 0 saturated heterocycles. The molecule has 0 aromatic heterocycles. The number of amides is 1. The van der Waals surface area contributed by atoms with E-state index in [1.54, 1.807) is 24.3 Å². The summed E-state index contributed by atoms with van der Waals surface area (Å²) in [5, 5.41) is 21.1. The lowest BCUT2D eigenvalue weighted by molar-refractivity contribution is -0.111. The van der Waals surface area contributed by atoms with Crippen LogP contribution in [0.1, 0.15) is 15.9 Å². The van der Waals surface area contributed by atoms with E-state index in [0.29, 0.717) is 17.1 Å². The molecule has 2 aromatic rings. The molecule has 3 N–H and O–H groups in total. The maximum absolute atomic E-state index is 12.0. The van der Waals surface area contributed by atoms with Crippen LogP contribution < -0.4 is 14.8 Å². The van der Waals surface area contributed by atoms with Crippen LogP contribution in [0.5, 0.6) is 17.2 Å². The summed E-state index contributed by atoms with van der Waals surface area (Å²) in [6.45, 7) is 0.